The standard InChI is InChI=1S/C36H46O5/c1-4-5-6-7-8-9-10-26-39-33-20-16-31(17-21-33)30-14-11-29(12-15-30)13-24-35(37)41-34-22-18-32(19-23-34)36(38)40-27-25-28(2)3/h11-12,14-23,28H,4-10,13,24-27H2,1-3H3. The molecule has 0 heterocycles. The third kappa shape index (κ3) is 12.2. The van der Waals surface area contributed by atoms with E-state index < -0.39 is 0 Å². The molecule has 3 rings (SSSR count). The van der Waals surface area contributed by atoms with Crippen molar-refractivity contribution in [2.75, 3.05) is 13.2 Å². The Kier molecular flexibility index (Phi) is 14.0. The highest BCUT2D eigenvalue weighted by Gasteiger charge is 2.10. The number of rotatable bonds is 18. The Bertz CT molecular complexity index is 1160. The van der Waals surface area contributed by atoms with Gasteiger partial charge in [-0.05, 0) is 78.3 Å². The van der Waals surface area contributed by atoms with Crippen LogP contribution in [0.5, 0.6) is 11.5 Å². The monoisotopic (exact) mass is 558 g/mol. The van der Waals surface area contributed by atoms with Gasteiger partial charge in [0.05, 0.1) is 18.8 Å². The number of carbonyl (C=O) groups is 2. The molecule has 0 fully saturated rings. The van der Waals surface area contributed by atoms with Crippen LogP contribution in [0.2, 0.25) is 0 Å². The summed E-state index contributed by atoms with van der Waals surface area (Å²) < 4.78 is 16.6. The second kappa shape index (κ2) is 18.0. The van der Waals surface area contributed by atoms with Crippen LogP contribution in [-0.4, -0.2) is 25.2 Å². The molecule has 0 aliphatic heterocycles. The molecule has 0 unspecified atom stereocenters. The van der Waals surface area contributed by atoms with Crippen molar-refractivity contribution in [2.24, 2.45) is 5.92 Å². The van der Waals surface area contributed by atoms with Crippen LogP contribution in [-0.2, 0) is 16.0 Å². The lowest BCUT2D eigenvalue weighted by Gasteiger charge is -2.09. The summed E-state index contributed by atoms with van der Waals surface area (Å²) >= 11 is 0. The second-order valence-corrected chi connectivity index (χ2v) is 11.0. The molecule has 3 aromatic carbocycles. The minimum atomic E-state index is -0.366. The van der Waals surface area contributed by atoms with Gasteiger partial charge in [-0.1, -0.05) is 95.7 Å². The fourth-order valence-electron chi connectivity index (χ4n) is 4.42. The smallest absolute Gasteiger partial charge is 0.338 e. The molecule has 0 aromatic heterocycles. The van der Waals surface area contributed by atoms with E-state index >= 15 is 0 Å². The lowest BCUT2D eigenvalue weighted by Crippen LogP contribution is -2.10. The Morgan fingerprint density at radius 1 is 0.683 bits per heavy atom. The zero-order chi connectivity index (χ0) is 29.3. The first-order valence-electron chi connectivity index (χ1n) is 15.2. The van der Waals surface area contributed by atoms with Gasteiger partial charge in [-0.2, -0.15) is 0 Å². The molecule has 0 radical (unpaired) electrons. The first kappa shape index (κ1) is 31.9. The quantitative estimate of drug-likeness (QED) is 0.0884. The van der Waals surface area contributed by atoms with Crippen LogP contribution in [0.15, 0.2) is 72.8 Å². The van der Waals surface area contributed by atoms with Crippen molar-refractivity contribution in [3.63, 3.8) is 0 Å². The van der Waals surface area contributed by atoms with Crippen LogP contribution < -0.4 is 9.47 Å². The van der Waals surface area contributed by atoms with Crippen LogP contribution in [0.1, 0.15) is 94.5 Å². The molecule has 5 heteroatoms. The van der Waals surface area contributed by atoms with E-state index in [-0.39, 0.29) is 18.4 Å². The number of benzene rings is 3. The van der Waals surface area contributed by atoms with Crippen molar-refractivity contribution in [3.05, 3.63) is 83.9 Å². The maximum Gasteiger partial charge on any atom is 0.338 e. The number of esters is 2. The van der Waals surface area contributed by atoms with E-state index in [2.05, 4.69) is 45.0 Å². The van der Waals surface area contributed by atoms with Gasteiger partial charge in [-0.3, -0.25) is 4.79 Å². The van der Waals surface area contributed by atoms with Gasteiger partial charge in [-0.25, -0.2) is 4.79 Å². The predicted octanol–water partition coefficient (Wildman–Crippen LogP) is 9.22. The van der Waals surface area contributed by atoms with Crippen molar-refractivity contribution < 1.29 is 23.8 Å². The van der Waals surface area contributed by atoms with Crippen molar-refractivity contribution in [1.82, 2.24) is 0 Å². The van der Waals surface area contributed by atoms with E-state index in [1.54, 1.807) is 24.3 Å². The lowest BCUT2D eigenvalue weighted by atomic mass is 10.0. The van der Waals surface area contributed by atoms with Crippen LogP contribution in [0.4, 0.5) is 0 Å². The molecule has 0 N–H and O–H groups in total. The highest BCUT2D eigenvalue weighted by molar-refractivity contribution is 5.89. The summed E-state index contributed by atoms with van der Waals surface area (Å²) in [7, 11) is 0. The summed E-state index contributed by atoms with van der Waals surface area (Å²) in [5, 5.41) is 0. The van der Waals surface area contributed by atoms with E-state index in [4.69, 9.17) is 14.2 Å². The highest BCUT2D eigenvalue weighted by Crippen LogP contribution is 2.24. The van der Waals surface area contributed by atoms with Crippen molar-refractivity contribution >= 4 is 11.9 Å². The Morgan fingerprint density at radius 3 is 1.90 bits per heavy atom. The largest absolute Gasteiger partial charge is 0.494 e. The van der Waals surface area contributed by atoms with Crippen LogP contribution in [0.3, 0.4) is 0 Å². The topological polar surface area (TPSA) is 61.8 Å². The lowest BCUT2D eigenvalue weighted by molar-refractivity contribution is -0.134. The molecule has 3 aromatic rings. The molecule has 0 saturated carbocycles. The fourth-order valence-corrected chi connectivity index (χ4v) is 4.42. The Balaban J connectivity index is 1.37. The van der Waals surface area contributed by atoms with Gasteiger partial charge in [0.2, 0.25) is 0 Å². The van der Waals surface area contributed by atoms with E-state index in [0.29, 0.717) is 30.3 Å². The highest BCUT2D eigenvalue weighted by atomic mass is 16.5. The number of hydrogen-bond donors (Lipinski definition) is 0. The van der Waals surface area contributed by atoms with Gasteiger partial charge in [0.25, 0.3) is 0 Å². The Morgan fingerprint density at radius 2 is 1.27 bits per heavy atom. The van der Waals surface area contributed by atoms with Gasteiger partial charge in [0.1, 0.15) is 11.5 Å². The van der Waals surface area contributed by atoms with Crippen molar-refractivity contribution in [1.29, 1.82) is 0 Å². The molecule has 0 spiro atoms. The second-order valence-electron chi connectivity index (χ2n) is 11.0. The normalized spacial score (nSPS) is 10.9. The van der Waals surface area contributed by atoms with Crippen molar-refractivity contribution in [3.8, 4) is 22.6 Å². The molecular formula is C36H46O5. The molecule has 220 valence electrons. The average Bonchev–Trinajstić information content (AvgIpc) is 2.98. The first-order valence-corrected chi connectivity index (χ1v) is 15.2. The molecule has 0 amide bonds. The molecule has 41 heavy (non-hydrogen) atoms. The van der Waals surface area contributed by atoms with Crippen LogP contribution in [0.25, 0.3) is 11.1 Å². The van der Waals surface area contributed by atoms with E-state index in [1.807, 2.05) is 24.3 Å². The predicted molar refractivity (Wildman–Crippen MR) is 166 cm³/mol. The molecule has 0 saturated heterocycles. The summed E-state index contributed by atoms with van der Waals surface area (Å²) in [4.78, 5) is 24.5. The Labute approximate surface area is 246 Å². The van der Waals surface area contributed by atoms with Gasteiger partial charge < -0.3 is 14.2 Å². The summed E-state index contributed by atoms with van der Waals surface area (Å²) in [5.74, 6) is 1.12. The summed E-state index contributed by atoms with van der Waals surface area (Å²) in [6, 6.07) is 23.0. The Hall–Kier alpha value is -3.60. The minimum absolute atomic E-state index is 0.267. The first-order chi connectivity index (χ1) is 19.9. The third-order valence-corrected chi connectivity index (χ3v) is 7.03. The molecule has 5 nitrogen and oxygen atoms in total. The maximum absolute atomic E-state index is 12.4. The molecule has 0 atom stereocenters. The van der Waals surface area contributed by atoms with Gasteiger partial charge in [0.15, 0.2) is 0 Å². The number of carbonyl (C=O) groups excluding carboxylic acids is 2. The summed E-state index contributed by atoms with van der Waals surface area (Å²) in [5.41, 5.74) is 3.77. The molecular weight excluding hydrogens is 512 g/mol. The van der Waals surface area contributed by atoms with Crippen LogP contribution >= 0.6 is 0 Å². The summed E-state index contributed by atoms with van der Waals surface area (Å²) in [6.45, 7) is 7.58. The number of hydrogen-bond acceptors (Lipinski definition) is 5. The van der Waals surface area contributed by atoms with E-state index in [9.17, 15) is 9.59 Å². The van der Waals surface area contributed by atoms with E-state index in [1.165, 1.54) is 38.5 Å². The van der Waals surface area contributed by atoms with Gasteiger partial charge in [0, 0.05) is 6.42 Å². The zero-order valence-corrected chi connectivity index (χ0v) is 25.0. The van der Waals surface area contributed by atoms with Crippen LogP contribution in [0, 0.1) is 5.92 Å². The van der Waals surface area contributed by atoms with E-state index in [0.717, 1.165) is 41.9 Å². The van der Waals surface area contributed by atoms with Gasteiger partial charge in [-0.15, -0.1) is 0 Å². The zero-order valence-electron chi connectivity index (χ0n) is 25.0. The van der Waals surface area contributed by atoms with Crippen molar-refractivity contribution in [2.45, 2.75) is 85.0 Å². The average molecular weight is 559 g/mol. The maximum atomic E-state index is 12.4. The third-order valence-electron chi connectivity index (χ3n) is 7.03. The summed E-state index contributed by atoms with van der Waals surface area (Å²) in [6.07, 6.45) is 10.6. The number of unbranched alkanes of at least 4 members (excludes halogenated alkanes) is 6. The molecule has 0 bridgehead atoms. The minimum Gasteiger partial charge on any atom is -0.494 e. The molecule has 0 aliphatic carbocycles. The fraction of sp³-hybridized carbons (Fsp3) is 0.444. The van der Waals surface area contributed by atoms with Gasteiger partial charge >= 0.3 is 11.9 Å². The molecule has 0 aliphatic rings. The number of aryl methyl sites for hydroxylation is 1. The SMILES string of the molecule is CCCCCCCCCOc1ccc(-c2ccc(CCC(=O)Oc3ccc(C(=O)OCCC(C)C)cc3)cc2)cc1. The number of ether oxygens (including phenoxy) is 3.